The maximum absolute atomic E-state index is 12.9. The minimum Gasteiger partial charge on any atom is -0.195 e. The molecule has 4 nitrogen and oxygen atoms in total. The third-order valence-electron chi connectivity index (χ3n) is 4.75. The Labute approximate surface area is 127 Å². The molecule has 3 rings (SSSR count). The van der Waals surface area contributed by atoms with Crippen LogP contribution < -0.4 is 0 Å². The Kier molecular flexibility index (Phi) is 4.33. The van der Waals surface area contributed by atoms with Crippen LogP contribution >= 0.6 is 0 Å². The van der Waals surface area contributed by atoms with Gasteiger partial charge in [-0.3, -0.25) is 0 Å². The van der Waals surface area contributed by atoms with E-state index in [1.54, 1.807) is 8.61 Å². The molecule has 1 unspecified atom stereocenters. The summed E-state index contributed by atoms with van der Waals surface area (Å²) in [5.41, 5.74) is 1.11. The molecule has 0 N–H and O–H groups in total. The summed E-state index contributed by atoms with van der Waals surface area (Å²) < 4.78 is 29.3. The van der Waals surface area contributed by atoms with Gasteiger partial charge < -0.3 is 0 Å². The molecule has 0 spiro atoms. The maximum atomic E-state index is 12.9. The molecule has 0 aromatic heterocycles. The van der Waals surface area contributed by atoms with Crippen LogP contribution in [0.25, 0.3) is 0 Å². The Bertz CT molecular complexity index is 565. The van der Waals surface area contributed by atoms with E-state index < -0.39 is 10.2 Å². The molecule has 2 heterocycles. The van der Waals surface area contributed by atoms with E-state index in [4.69, 9.17) is 0 Å². The second-order valence-corrected chi connectivity index (χ2v) is 8.15. The molecule has 2 aliphatic heterocycles. The van der Waals surface area contributed by atoms with Crippen LogP contribution in [0.15, 0.2) is 30.3 Å². The highest BCUT2D eigenvalue weighted by atomic mass is 32.2. The Balaban J connectivity index is 1.81. The van der Waals surface area contributed by atoms with Crippen molar-refractivity contribution in [1.29, 1.82) is 0 Å². The summed E-state index contributed by atoms with van der Waals surface area (Å²) in [6.45, 7) is 4.18. The lowest BCUT2D eigenvalue weighted by molar-refractivity contribution is 0.260. The Morgan fingerprint density at radius 1 is 1.00 bits per heavy atom. The fraction of sp³-hybridized carbons (Fsp3) is 0.625. The Morgan fingerprint density at radius 3 is 2.33 bits per heavy atom. The van der Waals surface area contributed by atoms with Crippen LogP contribution in [0, 0.1) is 5.92 Å². The number of benzene rings is 1. The Hall–Kier alpha value is -0.910. The van der Waals surface area contributed by atoms with E-state index in [2.05, 4.69) is 6.92 Å². The predicted octanol–water partition coefficient (Wildman–Crippen LogP) is 2.80. The minimum atomic E-state index is -3.32. The van der Waals surface area contributed by atoms with Gasteiger partial charge in [0.2, 0.25) is 0 Å². The molecule has 0 bridgehead atoms. The molecular formula is C16H24N2O2S. The molecule has 21 heavy (non-hydrogen) atoms. The highest BCUT2D eigenvalue weighted by molar-refractivity contribution is 7.86. The Morgan fingerprint density at radius 2 is 1.67 bits per heavy atom. The summed E-state index contributed by atoms with van der Waals surface area (Å²) in [6, 6.07) is 10.0. The van der Waals surface area contributed by atoms with Gasteiger partial charge in [0.1, 0.15) is 0 Å². The van der Waals surface area contributed by atoms with Gasteiger partial charge in [-0.05, 0) is 37.2 Å². The van der Waals surface area contributed by atoms with Crippen LogP contribution in [0.1, 0.15) is 44.2 Å². The highest BCUT2D eigenvalue weighted by Gasteiger charge is 2.39. The summed E-state index contributed by atoms with van der Waals surface area (Å²) in [7, 11) is -3.32. The molecule has 0 radical (unpaired) electrons. The smallest absolute Gasteiger partial charge is 0.195 e. The molecule has 0 saturated carbocycles. The molecule has 2 fully saturated rings. The maximum Gasteiger partial charge on any atom is 0.282 e. The van der Waals surface area contributed by atoms with Crippen molar-refractivity contribution >= 4 is 10.2 Å². The molecule has 2 aliphatic rings. The third-order valence-corrected chi connectivity index (χ3v) is 6.80. The second kappa shape index (κ2) is 6.07. The molecule has 0 amide bonds. The van der Waals surface area contributed by atoms with Crippen molar-refractivity contribution in [3.63, 3.8) is 0 Å². The van der Waals surface area contributed by atoms with Crippen LogP contribution in [0.3, 0.4) is 0 Å². The van der Waals surface area contributed by atoms with Gasteiger partial charge in [-0.25, -0.2) is 0 Å². The van der Waals surface area contributed by atoms with Crippen molar-refractivity contribution in [2.24, 2.45) is 5.92 Å². The van der Waals surface area contributed by atoms with Gasteiger partial charge in [-0.1, -0.05) is 37.3 Å². The fourth-order valence-electron chi connectivity index (χ4n) is 3.39. The highest BCUT2D eigenvalue weighted by Crippen LogP contribution is 2.36. The van der Waals surface area contributed by atoms with E-state index in [0.717, 1.165) is 31.2 Å². The van der Waals surface area contributed by atoms with E-state index in [0.29, 0.717) is 25.6 Å². The predicted molar refractivity (Wildman–Crippen MR) is 84.0 cm³/mol. The average molecular weight is 308 g/mol. The van der Waals surface area contributed by atoms with Crippen molar-refractivity contribution in [2.75, 3.05) is 19.6 Å². The molecule has 5 heteroatoms. The lowest BCUT2D eigenvalue weighted by Gasteiger charge is -2.34. The molecule has 1 aromatic rings. The van der Waals surface area contributed by atoms with Gasteiger partial charge in [-0.2, -0.15) is 17.0 Å². The standard InChI is InChI=1S/C16H24N2O2S/c1-14-9-12-17(13-10-14)21(19,20)18-11-5-8-16(18)15-6-3-2-4-7-15/h2-4,6-7,14,16H,5,8-13H2,1H3. The van der Waals surface area contributed by atoms with Gasteiger partial charge >= 0.3 is 0 Å². The number of nitrogens with zero attached hydrogens (tertiary/aromatic N) is 2. The molecule has 1 aromatic carbocycles. The number of hydrogen-bond donors (Lipinski definition) is 0. The first kappa shape index (κ1) is 15.0. The number of rotatable bonds is 3. The van der Waals surface area contributed by atoms with Gasteiger partial charge in [-0.15, -0.1) is 0 Å². The zero-order chi connectivity index (χ0) is 14.9. The van der Waals surface area contributed by atoms with Crippen molar-refractivity contribution in [1.82, 2.24) is 8.61 Å². The average Bonchev–Trinajstić information content (AvgIpc) is 2.99. The lowest BCUT2D eigenvalue weighted by Crippen LogP contribution is -2.46. The summed E-state index contributed by atoms with van der Waals surface area (Å²) in [5, 5.41) is 0. The van der Waals surface area contributed by atoms with Crippen LogP contribution in [0.4, 0.5) is 0 Å². The van der Waals surface area contributed by atoms with Crippen molar-refractivity contribution in [2.45, 2.75) is 38.6 Å². The lowest BCUT2D eigenvalue weighted by atomic mass is 10.0. The largest absolute Gasteiger partial charge is 0.282 e. The van der Waals surface area contributed by atoms with E-state index in [-0.39, 0.29) is 6.04 Å². The van der Waals surface area contributed by atoms with Crippen molar-refractivity contribution in [3.8, 4) is 0 Å². The number of hydrogen-bond acceptors (Lipinski definition) is 2. The summed E-state index contributed by atoms with van der Waals surface area (Å²) in [4.78, 5) is 0. The summed E-state index contributed by atoms with van der Waals surface area (Å²) in [6.07, 6.45) is 3.82. The number of piperidine rings is 1. The quantitative estimate of drug-likeness (QED) is 0.861. The van der Waals surface area contributed by atoms with Crippen molar-refractivity contribution in [3.05, 3.63) is 35.9 Å². The molecular weight excluding hydrogens is 284 g/mol. The van der Waals surface area contributed by atoms with E-state index in [1.165, 1.54) is 0 Å². The first-order chi connectivity index (χ1) is 10.1. The first-order valence-corrected chi connectivity index (χ1v) is 9.30. The topological polar surface area (TPSA) is 40.6 Å². The zero-order valence-electron chi connectivity index (χ0n) is 12.6. The molecule has 2 saturated heterocycles. The van der Waals surface area contributed by atoms with Gasteiger partial charge in [0, 0.05) is 19.6 Å². The van der Waals surface area contributed by atoms with Crippen LogP contribution in [-0.2, 0) is 10.2 Å². The molecule has 1 atom stereocenters. The third kappa shape index (κ3) is 3.00. The molecule has 116 valence electrons. The van der Waals surface area contributed by atoms with Gasteiger partial charge in [0.05, 0.1) is 6.04 Å². The van der Waals surface area contributed by atoms with Crippen LogP contribution in [0.5, 0.6) is 0 Å². The van der Waals surface area contributed by atoms with E-state index in [1.807, 2.05) is 30.3 Å². The second-order valence-electron chi connectivity index (χ2n) is 6.27. The van der Waals surface area contributed by atoms with E-state index >= 15 is 0 Å². The van der Waals surface area contributed by atoms with Crippen LogP contribution in [-0.4, -0.2) is 36.7 Å². The monoisotopic (exact) mass is 308 g/mol. The SMILES string of the molecule is CC1CCN(S(=O)(=O)N2CCCC2c2ccccc2)CC1. The zero-order valence-corrected chi connectivity index (χ0v) is 13.4. The summed E-state index contributed by atoms with van der Waals surface area (Å²) >= 11 is 0. The van der Waals surface area contributed by atoms with Gasteiger partial charge in [0.15, 0.2) is 0 Å². The normalized spacial score (nSPS) is 26.2. The molecule has 0 aliphatic carbocycles. The minimum absolute atomic E-state index is 0.00977. The first-order valence-electron chi connectivity index (χ1n) is 7.91. The van der Waals surface area contributed by atoms with E-state index in [9.17, 15) is 8.42 Å². The van der Waals surface area contributed by atoms with Crippen molar-refractivity contribution < 1.29 is 8.42 Å². The van der Waals surface area contributed by atoms with Gasteiger partial charge in [0.25, 0.3) is 10.2 Å². The summed E-state index contributed by atoms with van der Waals surface area (Å²) in [5.74, 6) is 0.639. The fourth-order valence-corrected chi connectivity index (χ4v) is 5.27. The van der Waals surface area contributed by atoms with Crippen LogP contribution in [0.2, 0.25) is 0 Å².